The first-order valence-electron chi connectivity index (χ1n) is 8.12. The Morgan fingerprint density at radius 1 is 1.31 bits per heavy atom. The van der Waals surface area contributed by atoms with Crippen LogP contribution in [0.3, 0.4) is 0 Å². The highest BCUT2D eigenvalue weighted by molar-refractivity contribution is 5.85. The van der Waals surface area contributed by atoms with E-state index in [1.807, 2.05) is 24.3 Å². The van der Waals surface area contributed by atoms with Crippen molar-refractivity contribution in [3.05, 3.63) is 47.8 Å². The highest BCUT2D eigenvalue weighted by Crippen LogP contribution is 2.31. The molecule has 0 radical (unpaired) electrons. The molecule has 1 aromatic carbocycles. The number of nitrogens with zero attached hydrogens (tertiary/aromatic N) is 3. The van der Waals surface area contributed by atoms with Crippen molar-refractivity contribution in [1.29, 1.82) is 0 Å². The predicted octanol–water partition coefficient (Wildman–Crippen LogP) is 3.02. The average Bonchev–Trinajstić information content (AvgIpc) is 3.00. The number of alkyl halides is 3. The van der Waals surface area contributed by atoms with Gasteiger partial charge in [-0.2, -0.15) is 18.3 Å². The Bertz CT molecular complexity index is 707. The molecule has 144 valence electrons. The molecule has 1 N–H and O–H groups in total. The molecule has 0 amide bonds. The molecule has 5 nitrogen and oxygen atoms in total. The van der Waals surface area contributed by atoms with Gasteiger partial charge in [0.05, 0.1) is 19.3 Å². The molecule has 3 rings (SSSR count). The minimum absolute atomic E-state index is 0. The summed E-state index contributed by atoms with van der Waals surface area (Å²) in [5.74, 6) is 0.814. The van der Waals surface area contributed by atoms with Crippen molar-refractivity contribution >= 4 is 12.4 Å². The molecule has 2 heterocycles. The van der Waals surface area contributed by atoms with Crippen LogP contribution in [-0.2, 0) is 13.1 Å². The van der Waals surface area contributed by atoms with Gasteiger partial charge in [-0.3, -0.25) is 9.58 Å². The van der Waals surface area contributed by atoms with Gasteiger partial charge in [-0.25, -0.2) is 0 Å². The fourth-order valence-electron chi connectivity index (χ4n) is 3.18. The number of benzene rings is 1. The second kappa shape index (κ2) is 8.75. The summed E-state index contributed by atoms with van der Waals surface area (Å²) < 4.78 is 43.8. The molecule has 0 spiro atoms. The first-order valence-corrected chi connectivity index (χ1v) is 8.12. The van der Waals surface area contributed by atoms with Gasteiger partial charge >= 0.3 is 6.18 Å². The first kappa shape index (κ1) is 20.5. The molecule has 1 aromatic heterocycles. The zero-order chi connectivity index (χ0) is 17.9. The molecule has 0 saturated carbocycles. The number of hydrogen-bond donors (Lipinski definition) is 1. The maximum Gasteiger partial charge on any atom is 0.408 e. The number of aromatic nitrogens is 2. The summed E-state index contributed by atoms with van der Waals surface area (Å²) in [5.41, 5.74) is 1.84. The second-order valence-corrected chi connectivity index (χ2v) is 6.09. The molecule has 9 heteroatoms. The standard InChI is InChI=1S/C17H21F3N4O.ClH/c1-25-16-5-3-2-4-14(16)15-9-21-6-7-23(15)10-13-8-22-24(11-13)12-17(18,19)20;/h2-5,8,11,15,21H,6-7,9-10,12H2,1H3;1H. The summed E-state index contributed by atoms with van der Waals surface area (Å²) in [6.07, 6.45) is -1.29. The summed E-state index contributed by atoms with van der Waals surface area (Å²) in [5, 5.41) is 7.20. The molecule has 1 unspecified atom stereocenters. The lowest BCUT2D eigenvalue weighted by molar-refractivity contribution is -0.142. The minimum Gasteiger partial charge on any atom is -0.496 e. The predicted molar refractivity (Wildman–Crippen MR) is 94.5 cm³/mol. The molecular formula is C17H22ClF3N4O. The van der Waals surface area contributed by atoms with Gasteiger partial charge in [0.25, 0.3) is 0 Å². The third-order valence-electron chi connectivity index (χ3n) is 4.27. The van der Waals surface area contributed by atoms with Gasteiger partial charge in [-0.1, -0.05) is 18.2 Å². The van der Waals surface area contributed by atoms with Crippen molar-refractivity contribution in [2.75, 3.05) is 26.7 Å². The zero-order valence-electron chi connectivity index (χ0n) is 14.4. The molecule has 26 heavy (non-hydrogen) atoms. The van der Waals surface area contributed by atoms with E-state index in [1.54, 1.807) is 7.11 Å². The minimum atomic E-state index is -4.27. The number of halogens is 4. The second-order valence-electron chi connectivity index (χ2n) is 6.09. The number of ether oxygens (including phenoxy) is 1. The number of para-hydroxylation sites is 1. The van der Waals surface area contributed by atoms with Crippen LogP contribution < -0.4 is 10.1 Å². The summed E-state index contributed by atoms with van der Waals surface area (Å²) >= 11 is 0. The topological polar surface area (TPSA) is 42.3 Å². The number of rotatable bonds is 5. The van der Waals surface area contributed by atoms with Crippen molar-refractivity contribution in [2.24, 2.45) is 0 Å². The Labute approximate surface area is 156 Å². The lowest BCUT2D eigenvalue weighted by Crippen LogP contribution is -2.45. The molecule has 0 bridgehead atoms. The molecule has 2 aromatic rings. The lowest BCUT2D eigenvalue weighted by Gasteiger charge is -2.36. The van der Waals surface area contributed by atoms with Crippen molar-refractivity contribution in [1.82, 2.24) is 20.0 Å². The monoisotopic (exact) mass is 390 g/mol. The Hall–Kier alpha value is -1.77. The van der Waals surface area contributed by atoms with Crippen LogP contribution in [0.1, 0.15) is 17.2 Å². The summed E-state index contributed by atoms with van der Waals surface area (Å²) in [4.78, 5) is 2.24. The van der Waals surface area contributed by atoms with Crippen LogP contribution in [0.2, 0.25) is 0 Å². The van der Waals surface area contributed by atoms with Crippen LogP contribution in [0.5, 0.6) is 5.75 Å². The average molecular weight is 391 g/mol. The van der Waals surface area contributed by atoms with Gasteiger partial charge in [0.1, 0.15) is 12.3 Å². The Morgan fingerprint density at radius 3 is 2.81 bits per heavy atom. The van der Waals surface area contributed by atoms with E-state index < -0.39 is 12.7 Å². The smallest absolute Gasteiger partial charge is 0.408 e. The summed E-state index contributed by atoms with van der Waals surface area (Å²) in [6, 6.07) is 7.92. The summed E-state index contributed by atoms with van der Waals surface area (Å²) in [6.45, 7) is 1.87. The quantitative estimate of drug-likeness (QED) is 0.852. The fraction of sp³-hybridized carbons (Fsp3) is 0.471. The van der Waals surface area contributed by atoms with Crippen molar-refractivity contribution < 1.29 is 17.9 Å². The van der Waals surface area contributed by atoms with E-state index in [-0.39, 0.29) is 18.4 Å². The normalized spacial score (nSPS) is 18.4. The van der Waals surface area contributed by atoms with Crippen LogP contribution in [0.4, 0.5) is 13.2 Å². The van der Waals surface area contributed by atoms with E-state index in [0.717, 1.165) is 41.2 Å². The van der Waals surface area contributed by atoms with Crippen LogP contribution >= 0.6 is 12.4 Å². The fourth-order valence-corrected chi connectivity index (χ4v) is 3.18. The van der Waals surface area contributed by atoms with E-state index in [2.05, 4.69) is 15.3 Å². The van der Waals surface area contributed by atoms with Gasteiger partial charge in [0, 0.05) is 43.5 Å². The van der Waals surface area contributed by atoms with Crippen LogP contribution in [-0.4, -0.2) is 47.6 Å². The molecule has 1 aliphatic heterocycles. The number of nitrogens with one attached hydrogen (secondary N) is 1. The van der Waals surface area contributed by atoms with Gasteiger partial charge < -0.3 is 10.1 Å². The van der Waals surface area contributed by atoms with E-state index in [4.69, 9.17) is 4.74 Å². The van der Waals surface area contributed by atoms with Gasteiger partial charge in [-0.05, 0) is 6.07 Å². The van der Waals surface area contributed by atoms with E-state index >= 15 is 0 Å². The van der Waals surface area contributed by atoms with Crippen molar-refractivity contribution in [3.63, 3.8) is 0 Å². The number of piperazine rings is 1. The third kappa shape index (κ3) is 5.12. The molecule has 1 atom stereocenters. The molecular weight excluding hydrogens is 369 g/mol. The Balaban J connectivity index is 0.00000243. The number of hydrogen-bond acceptors (Lipinski definition) is 4. The highest BCUT2D eigenvalue weighted by Gasteiger charge is 2.29. The maximum absolute atomic E-state index is 12.5. The van der Waals surface area contributed by atoms with Crippen LogP contribution in [0, 0.1) is 0 Å². The van der Waals surface area contributed by atoms with E-state index in [1.165, 1.54) is 12.4 Å². The van der Waals surface area contributed by atoms with Gasteiger partial charge in [0.15, 0.2) is 0 Å². The van der Waals surface area contributed by atoms with Crippen LogP contribution in [0.25, 0.3) is 0 Å². The Kier molecular flexibility index (Phi) is 6.91. The third-order valence-corrected chi connectivity index (χ3v) is 4.27. The number of methoxy groups -OCH3 is 1. The largest absolute Gasteiger partial charge is 0.496 e. The van der Waals surface area contributed by atoms with Crippen molar-refractivity contribution in [3.8, 4) is 5.75 Å². The Morgan fingerprint density at radius 2 is 2.08 bits per heavy atom. The maximum atomic E-state index is 12.5. The summed E-state index contributed by atoms with van der Waals surface area (Å²) in [7, 11) is 1.64. The van der Waals surface area contributed by atoms with E-state index in [9.17, 15) is 13.2 Å². The molecule has 1 fully saturated rings. The van der Waals surface area contributed by atoms with E-state index in [0.29, 0.717) is 6.54 Å². The lowest BCUT2D eigenvalue weighted by atomic mass is 10.0. The first-order chi connectivity index (χ1) is 12.0. The molecule has 1 aliphatic rings. The SMILES string of the molecule is COc1ccccc1C1CNCCN1Cc1cnn(CC(F)(F)F)c1.Cl. The molecule has 1 saturated heterocycles. The van der Waals surface area contributed by atoms with Crippen LogP contribution in [0.15, 0.2) is 36.7 Å². The zero-order valence-corrected chi connectivity index (χ0v) is 15.2. The van der Waals surface area contributed by atoms with Gasteiger partial charge in [-0.15, -0.1) is 12.4 Å². The highest BCUT2D eigenvalue weighted by atomic mass is 35.5. The van der Waals surface area contributed by atoms with Gasteiger partial charge in [0.2, 0.25) is 0 Å². The molecule has 0 aliphatic carbocycles. The van der Waals surface area contributed by atoms with Crippen molar-refractivity contribution in [2.45, 2.75) is 25.3 Å².